The van der Waals surface area contributed by atoms with Crippen molar-refractivity contribution in [1.29, 1.82) is 0 Å². The monoisotopic (exact) mass is 319 g/mol. The second kappa shape index (κ2) is 7.19. The molecule has 0 aliphatic heterocycles. The van der Waals surface area contributed by atoms with Crippen LogP contribution in [0, 0.1) is 0 Å². The molecule has 0 saturated carbocycles. The molecule has 0 aliphatic carbocycles. The molecule has 0 saturated heterocycles. The largest absolute Gasteiger partial charge is 0.326 e. The van der Waals surface area contributed by atoms with Gasteiger partial charge >= 0.3 is 0 Å². The lowest BCUT2D eigenvalue weighted by atomic mass is 10.2. The minimum Gasteiger partial charge on any atom is -0.326 e. The number of nitrogens with two attached hydrogens (primary N) is 1. The number of sulfone groups is 2. The molecule has 1 aromatic carbocycles. The molecule has 0 aliphatic rings. The lowest BCUT2D eigenvalue weighted by molar-refractivity contribution is 0.585. The van der Waals surface area contributed by atoms with Crippen LogP contribution < -0.4 is 5.73 Å². The lowest BCUT2D eigenvalue weighted by Gasteiger charge is -2.06. The van der Waals surface area contributed by atoms with Crippen LogP contribution in [0.15, 0.2) is 29.2 Å². The van der Waals surface area contributed by atoms with Gasteiger partial charge in [-0.3, -0.25) is 0 Å². The van der Waals surface area contributed by atoms with Crippen LogP contribution in [0.5, 0.6) is 0 Å². The maximum Gasteiger partial charge on any atom is 0.179 e. The summed E-state index contributed by atoms with van der Waals surface area (Å²) in [5.74, 6) is -0.653. The fourth-order valence-electron chi connectivity index (χ4n) is 1.65. The highest BCUT2D eigenvalue weighted by atomic mass is 32.2. The molecule has 7 heteroatoms. The van der Waals surface area contributed by atoms with E-state index < -0.39 is 19.7 Å². The van der Waals surface area contributed by atoms with E-state index in [1.807, 2.05) is 6.92 Å². The Morgan fingerprint density at radius 1 is 0.950 bits per heavy atom. The predicted octanol–water partition coefficient (Wildman–Crippen LogP) is 1.13. The topological polar surface area (TPSA) is 94.3 Å². The average Bonchev–Trinajstić information content (AvgIpc) is 2.43. The molecule has 0 bridgehead atoms. The van der Waals surface area contributed by atoms with E-state index in [4.69, 9.17) is 5.73 Å². The van der Waals surface area contributed by atoms with Crippen molar-refractivity contribution in [2.45, 2.75) is 31.2 Å². The van der Waals surface area contributed by atoms with E-state index >= 15 is 0 Å². The van der Waals surface area contributed by atoms with Crippen molar-refractivity contribution in [2.24, 2.45) is 5.73 Å². The minimum atomic E-state index is -3.56. The molecule has 5 nitrogen and oxygen atoms in total. The van der Waals surface area contributed by atoms with E-state index in [9.17, 15) is 16.8 Å². The summed E-state index contributed by atoms with van der Waals surface area (Å²) in [7, 11) is -6.86. The highest BCUT2D eigenvalue weighted by Gasteiger charge is 2.19. The standard InChI is InChI=1S/C13H21NO4S2/c1-2-3-8-19(15,16)9-10-20(17,18)13-6-4-12(11-14)5-7-13/h4-7H,2-3,8-11,14H2,1H3. The molecule has 0 atom stereocenters. The summed E-state index contributed by atoms with van der Waals surface area (Å²) in [5, 5.41) is 0. The van der Waals surface area contributed by atoms with Crippen LogP contribution in [0.3, 0.4) is 0 Å². The third-order valence-corrected chi connectivity index (χ3v) is 6.72. The molecule has 0 fully saturated rings. The van der Waals surface area contributed by atoms with Gasteiger partial charge in [0.15, 0.2) is 19.7 Å². The van der Waals surface area contributed by atoms with Crippen LogP contribution in [0.4, 0.5) is 0 Å². The van der Waals surface area contributed by atoms with Crippen LogP contribution in [0.1, 0.15) is 25.3 Å². The quantitative estimate of drug-likeness (QED) is 0.775. The van der Waals surface area contributed by atoms with Crippen molar-refractivity contribution in [1.82, 2.24) is 0 Å². The van der Waals surface area contributed by atoms with E-state index in [-0.39, 0.29) is 22.2 Å². The Bertz CT molecular complexity index is 619. The Labute approximate surface area is 121 Å². The van der Waals surface area contributed by atoms with Crippen molar-refractivity contribution in [2.75, 3.05) is 17.3 Å². The third-order valence-electron chi connectivity index (χ3n) is 2.99. The SMILES string of the molecule is CCCCS(=O)(=O)CCS(=O)(=O)c1ccc(CN)cc1. The summed E-state index contributed by atoms with van der Waals surface area (Å²) in [6, 6.07) is 6.21. The van der Waals surface area contributed by atoms with Crippen LogP contribution >= 0.6 is 0 Å². The first-order valence-electron chi connectivity index (χ1n) is 6.53. The van der Waals surface area contributed by atoms with E-state index in [0.29, 0.717) is 13.0 Å². The van der Waals surface area contributed by atoms with E-state index in [1.54, 1.807) is 12.1 Å². The zero-order chi connectivity index (χ0) is 15.2. The number of hydrogen-bond acceptors (Lipinski definition) is 5. The van der Waals surface area contributed by atoms with E-state index in [0.717, 1.165) is 12.0 Å². The van der Waals surface area contributed by atoms with Gasteiger partial charge in [0.2, 0.25) is 0 Å². The van der Waals surface area contributed by atoms with Gasteiger partial charge in [0.1, 0.15) is 0 Å². The minimum absolute atomic E-state index is 0.0468. The Morgan fingerprint density at radius 2 is 1.55 bits per heavy atom. The molecule has 0 unspecified atom stereocenters. The summed E-state index contributed by atoms with van der Waals surface area (Å²) < 4.78 is 47.5. The molecule has 0 heterocycles. The van der Waals surface area contributed by atoms with Gasteiger partial charge in [-0.15, -0.1) is 0 Å². The van der Waals surface area contributed by atoms with Gasteiger partial charge in [0, 0.05) is 6.54 Å². The zero-order valence-corrected chi connectivity index (χ0v) is 13.2. The fraction of sp³-hybridized carbons (Fsp3) is 0.538. The average molecular weight is 319 g/mol. The maximum absolute atomic E-state index is 12.1. The molecular formula is C13H21NO4S2. The van der Waals surface area contributed by atoms with Gasteiger partial charge in [-0.2, -0.15) is 0 Å². The van der Waals surface area contributed by atoms with Crippen LogP contribution in [-0.2, 0) is 26.2 Å². The first-order chi connectivity index (χ1) is 9.30. The third kappa shape index (κ3) is 5.22. The van der Waals surface area contributed by atoms with Gasteiger partial charge in [0.25, 0.3) is 0 Å². The highest BCUT2D eigenvalue weighted by molar-refractivity contribution is 7.95. The fourth-order valence-corrected chi connectivity index (χ4v) is 5.27. The van der Waals surface area contributed by atoms with Crippen molar-refractivity contribution >= 4 is 19.7 Å². The molecule has 0 radical (unpaired) electrons. The van der Waals surface area contributed by atoms with Crippen molar-refractivity contribution in [3.05, 3.63) is 29.8 Å². The Hall–Kier alpha value is -0.920. The molecule has 1 aromatic rings. The number of rotatable bonds is 8. The molecule has 114 valence electrons. The summed E-state index contributed by atoms with van der Waals surface area (Å²) >= 11 is 0. The molecule has 20 heavy (non-hydrogen) atoms. The molecule has 2 N–H and O–H groups in total. The Morgan fingerprint density at radius 3 is 2.05 bits per heavy atom. The first-order valence-corrected chi connectivity index (χ1v) is 10.0. The predicted molar refractivity (Wildman–Crippen MR) is 79.9 cm³/mol. The maximum atomic E-state index is 12.1. The summed E-state index contributed by atoms with van der Waals surface area (Å²) in [6.45, 7) is 2.23. The van der Waals surface area contributed by atoms with Gasteiger partial charge in [-0.1, -0.05) is 25.5 Å². The summed E-state index contributed by atoms with van der Waals surface area (Å²) in [4.78, 5) is 0.139. The number of unbranched alkanes of at least 4 members (excludes halogenated alkanes) is 1. The van der Waals surface area contributed by atoms with Crippen molar-refractivity contribution in [3.8, 4) is 0 Å². The smallest absolute Gasteiger partial charge is 0.179 e. The van der Waals surface area contributed by atoms with Gasteiger partial charge in [-0.05, 0) is 24.1 Å². The summed E-state index contributed by atoms with van der Waals surface area (Å²) in [5.41, 5.74) is 6.28. The normalized spacial score (nSPS) is 12.5. The molecular weight excluding hydrogens is 298 g/mol. The van der Waals surface area contributed by atoms with E-state index in [1.165, 1.54) is 12.1 Å². The molecule has 1 rings (SSSR count). The first kappa shape index (κ1) is 17.1. The molecule has 0 amide bonds. The highest BCUT2D eigenvalue weighted by Crippen LogP contribution is 2.13. The van der Waals surface area contributed by atoms with Gasteiger partial charge in [0.05, 0.1) is 22.2 Å². The number of hydrogen-bond donors (Lipinski definition) is 1. The summed E-state index contributed by atoms with van der Waals surface area (Å²) in [6.07, 6.45) is 1.33. The van der Waals surface area contributed by atoms with Gasteiger partial charge < -0.3 is 5.73 Å². The zero-order valence-electron chi connectivity index (χ0n) is 11.6. The van der Waals surface area contributed by atoms with Crippen LogP contribution in [-0.4, -0.2) is 34.1 Å². The van der Waals surface area contributed by atoms with Crippen molar-refractivity contribution < 1.29 is 16.8 Å². The van der Waals surface area contributed by atoms with Crippen LogP contribution in [0.25, 0.3) is 0 Å². The second-order valence-electron chi connectivity index (χ2n) is 4.67. The lowest BCUT2D eigenvalue weighted by Crippen LogP contribution is -2.19. The van der Waals surface area contributed by atoms with Crippen molar-refractivity contribution in [3.63, 3.8) is 0 Å². The molecule has 0 aromatic heterocycles. The Kier molecular flexibility index (Phi) is 6.16. The number of benzene rings is 1. The second-order valence-corrected chi connectivity index (χ2v) is 9.09. The Balaban J connectivity index is 2.74. The van der Waals surface area contributed by atoms with Gasteiger partial charge in [-0.25, -0.2) is 16.8 Å². The van der Waals surface area contributed by atoms with Crippen LogP contribution in [0.2, 0.25) is 0 Å². The van der Waals surface area contributed by atoms with E-state index in [2.05, 4.69) is 0 Å². The molecule has 0 spiro atoms.